The summed E-state index contributed by atoms with van der Waals surface area (Å²) < 4.78 is 47.0. The average molecular weight is 319 g/mol. The third-order valence-electron chi connectivity index (χ3n) is 2.96. The van der Waals surface area contributed by atoms with Gasteiger partial charge >= 0.3 is 6.18 Å². The first-order valence-electron chi connectivity index (χ1n) is 6.48. The SMILES string of the molecule is CN=C(NCc1ccc2c(c1)OCO2)NCC(O)C(F)(F)F. The number of nitrogens with zero attached hydrogens (tertiary/aromatic N) is 1. The van der Waals surface area contributed by atoms with E-state index in [1.165, 1.54) is 7.05 Å². The van der Waals surface area contributed by atoms with E-state index in [9.17, 15) is 13.2 Å². The molecule has 122 valence electrons. The van der Waals surface area contributed by atoms with E-state index < -0.39 is 18.8 Å². The fourth-order valence-corrected chi connectivity index (χ4v) is 1.77. The molecular formula is C13H16F3N3O3. The highest BCUT2D eigenvalue weighted by atomic mass is 19.4. The molecule has 1 heterocycles. The standard InChI is InChI=1S/C13H16F3N3O3/c1-17-12(19-6-11(20)13(14,15)16)18-5-8-2-3-9-10(4-8)22-7-21-9/h2-4,11,20H,5-7H2,1H3,(H2,17,18,19). The van der Waals surface area contributed by atoms with Gasteiger partial charge in [0.15, 0.2) is 23.6 Å². The van der Waals surface area contributed by atoms with E-state index in [2.05, 4.69) is 15.6 Å². The van der Waals surface area contributed by atoms with Gasteiger partial charge in [-0.2, -0.15) is 13.2 Å². The van der Waals surface area contributed by atoms with Gasteiger partial charge in [0.05, 0.1) is 6.54 Å². The van der Waals surface area contributed by atoms with Gasteiger partial charge in [-0.1, -0.05) is 6.07 Å². The summed E-state index contributed by atoms with van der Waals surface area (Å²) in [6.07, 6.45) is -7.11. The molecule has 0 bridgehead atoms. The van der Waals surface area contributed by atoms with Crippen molar-refractivity contribution in [1.29, 1.82) is 0 Å². The van der Waals surface area contributed by atoms with E-state index in [4.69, 9.17) is 14.6 Å². The Morgan fingerprint density at radius 2 is 2.05 bits per heavy atom. The number of nitrogens with one attached hydrogen (secondary N) is 2. The topological polar surface area (TPSA) is 75.1 Å². The summed E-state index contributed by atoms with van der Waals surface area (Å²) in [5, 5.41) is 14.2. The highest BCUT2D eigenvalue weighted by molar-refractivity contribution is 5.79. The van der Waals surface area contributed by atoms with Crippen molar-refractivity contribution in [2.75, 3.05) is 20.4 Å². The number of fused-ring (bicyclic) bond motifs is 1. The molecule has 0 saturated carbocycles. The van der Waals surface area contributed by atoms with Crippen LogP contribution in [0.4, 0.5) is 13.2 Å². The number of hydrogen-bond donors (Lipinski definition) is 3. The molecule has 0 fully saturated rings. The second-order valence-electron chi connectivity index (χ2n) is 4.55. The van der Waals surface area contributed by atoms with Crippen LogP contribution in [0, 0.1) is 0 Å². The van der Waals surface area contributed by atoms with E-state index in [0.29, 0.717) is 18.0 Å². The van der Waals surface area contributed by atoms with Crippen LogP contribution in [0.1, 0.15) is 5.56 Å². The normalized spacial score (nSPS) is 15.6. The number of aliphatic imine (C=N–C) groups is 1. The van der Waals surface area contributed by atoms with Gasteiger partial charge in [-0.15, -0.1) is 0 Å². The van der Waals surface area contributed by atoms with Crippen LogP contribution in [0.25, 0.3) is 0 Å². The molecule has 0 aliphatic carbocycles. The summed E-state index contributed by atoms with van der Waals surface area (Å²) in [5.74, 6) is 1.43. The number of ether oxygens (including phenoxy) is 2. The van der Waals surface area contributed by atoms with Crippen molar-refractivity contribution < 1.29 is 27.8 Å². The molecule has 0 amide bonds. The van der Waals surface area contributed by atoms with Crippen LogP contribution < -0.4 is 20.1 Å². The van der Waals surface area contributed by atoms with Crippen LogP contribution in [0.2, 0.25) is 0 Å². The van der Waals surface area contributed by atoms with Crippen LogP contribution in [-0.4, -0.2) is 43.7 Å². The van der Waals surface area contributed by atoms with E-state index in [1.54, 1.807) is 18.2 Å². The van der Waals surface area contributed by atoms with E-state index in [0.717, 1.165) is 5.56 Å². The summed E-state index contributed by atoms with van der Waals surface area (Å²) in [5.41, 5.74) is 0.851. The molecule has 9 heteroatoms. The smallest absolute Gasteiger partial charge is 0.416 e. The van der Waals surface area contributed by atoms with Crippen molar-refractivity contribution in [3.63, 3.8) is 0 Å². The Morgan fingerprint density at radius 1 is 1.32 bits per heavy atom. The number of hydrogen-bond acceptors (Lipinski definition) is 4. The molecule has 1 atom stereocenters. The number of benzene rings is 1. The Bertz CT molecular complexity index is 549. The molecule has 0 radical (unpaired) electrons. The fraction of sp³-hybridized carbons (Fsp3) is 0.462. The van der Waals surface area contributed by atoms with E-state index in [-0.39, 0.29) is 12.8 Å². The number of aliphatic hydroxyl groups excluding tert-OH is 1. The van der Waals surface area contributed by atoms with Gasteiger partial charge in [-0.25, -0.2) is 0 Å². The van der Waals surface area contributed by atoms with Gasteiger partial charge in [0.25, 0.3) is 0 Å². The summed E-state index contributed by atoms with van der Waals surface area (Å²) in [7, 11) is 1.43. The van der Waals surface area contributed by atoms with Gasteiger partial charge in [0.1, 0.15) is 0 Å². The summed E-state index contributed by atoms with van der Waals surface area (Å²) in [6.45, 7) is -0.173. The van der Waals surface area contributed by atoms with Crippen molar-refractivity contribution in [3.05, 3.63) is 23.8 Å². The highest BCUT2D eigenvalue weighted by Gasteiger charge is 2.37. The maximum Gasteiger partial charge on any atom is 0.416 e. The number of guanidine groups is 1. The second kappa shape index (κ2) is 6.73. The molecule has 0 saturated heterocycles. The number of halogens is 3. The molecule has 1 aromatic rings. The van der Waals surface area contributed by atoms with Crippen LogP contribution in [0.15, 0.2) is 23.2 Å². The van der Waals surface area contributed by atoms with E-state index in [1.807, 2.05) is 0 Å². The number of alkyl halides is 3. The molecule has 3 N–H and O–H groups in total. The van der Waals surface area contributed by atoms with Gasteiger partial charge < -0.3 is 25.2 Å². The van der Waals surface area contributed by atoms with Gasteiger partial charge in [0, 0.05) is 13.6 Å². The molecule has 6 nitrogen and oxygen atoms in total. The Balaban J connectivity index is 1.84. The Kier molecular flexibility index (Phi) is 4.96. The Hall–Kier alpha value is -2.16. The maximum atomic E-state index is 12.2. The van der Waals surface area contributed by atoms with Crippen molar-refractivity contribution in [2.45, 2.75) is 18.8 Å². The number of rotatable bonds is 4. The lowest BCUT2D eigenvalue weighted by Crippen LogP contribution is -2.45. The first-order chi connectivity index (χ1) is 10.4. The van der Waals surface area contributed by atoms with Crippen molar-refractivity contribution in [2.24, 2.45) is 4.99 Å². The Morgan fingerprint density at radius 3 is 2.73 bits per heavy atom. The molecule has 1 aliphatic rings. The first kappa shape index (κ1) is 16.2. The van der Waals surface area contributed by atoms with Crippen LogP contribution in [0.3, 0.4) is 0 Å². The monoisotopic (exact) mass is 319 g/mol. The largest absolute Gasteiger partial charge is 0.454 e. The second-order valence-corrected chi connectivity index (χ2v) is 4.55. The highest BCUT2D eigenvalue weighted by Crippen LogP contribution is 2.32. The summed E-state index contributed by atoms with van der Waals surface area (Å²) in [4.78, 5) is 3.79. The predicted octanol–water partition coefficient (Wildman–Crippen LogP) is 1.00. The van der Waals surface area contributed by atoms with Gasteiger partial charge in [-0.05, 0) is 17.7 Å². The molecule has 0 spiro atoms. The lowest BCUT2D eigenvalue weighted by Gasteiger charge is -2.17. The predicted molar refractivity (Wildman–Crippen MR) is 72.8 cm³/mol. The summed E-state index contributed by atoms with van der Waals surface area (Å²) in [6, 6.07) is 5.33. The minimum absolute atomic E-state index is 0.154. The summed E-state index contributed by atoms with van der Waals surface area (Å²) >= 11 is 0. The van der Waals surface area contributed by atoms with Gasteiger partial charge in [0.2, 0.25) is 6.79 Å². The zero-order chi connectivity index (χ0) is 16.2. The van der Waals surface area contributed by atoms with Gasteiger partial charge in [-0.3, -0.25) is 4.99 Å². The molecule has 1 aliphatic heterocycles. The minimum atomic E-state index is -4.66. The minimum Gasteiger partial charge on any atom is -0.454 e. The molecule has 22 heavy (non-hydrogen) atoms. The van der Waals surface area contributed by atoms with E-state index >= 15 is 0 Å². The van der Waals surface area contributed by atoms with Crippen molar-refractivity contribution in [1.82, 2.24) is 10.6 Å². The molecule has 1 unspecified atom stereocenters. The zero-order valence-electron chi connectivity index (χ0n) is 11.8. The average Bonchev–Trinajstić information content (AvgIpc) is 2.93. The zero-order valence-corrected chi connectivity index (χ0v) is 11.8. The van der Waals surface area contributed by atoms with Crippen molar-refractivity contribution >= 4 is 5.96 Å². The van der Waals surface area contributed by atoms with Crippen LogP contribution in [0.5, 0.6) is 11.5 Å². The molecule has 0 aromatic heterocycles. The fourth-order valence-electron chi connectivity index (χ4n) is 1.77. The first-order valence-corrected chi connectivity index (χ1v) is 6.48. The lowest BCUT2D eigenvalue weighted by atomic mass is 10.2. The van der Waals surface area contributed by atoms with Crippen molar-refractivity contribution in [3.8, 4) is 11.5 Å². The maximum absolute atomic E-state index is 12.2. The Labute approximate surface area is 124 Å². The molecule has 2 rings (SSSR count). The molecule has 1 aromatic carbocycles. The molecular weight excluding hydrogens is 303 g/mol. The quantitative estimate of drug-likeness (QED) is 0.570. The lowest BCUT2D eigenvalue weighted by molar-refractivity contribution is -0.201. The third-order valence-corrected chi connectivity index (χ3v) is 2.96. The van der Waals surface area contributed by atoms with Crippen LogP contribution >= 0.6 is 0 Å². The number of aliphatic hydroxyl groups is 1. The third kappa shape index (κ3) is 4.17. The van der Waals surface area contributed by atoms with Crippen LogP contribution in [-0.2, 0) is 6.54 Å².